The highest BCUT2D eigenvalue weighted by Gasteiger charge is 2.19. The number of methoxy groups -OCH3 is 1. The van der Waals surface area contributed by atoms with Crippen LogP contribution in [0.4, 0.5) is 0 Å². The number of carbonyl (C=O) groups excluding carboxylic acids is 1. The quantitative estimate of drug-likeness (QED) is 0.442. The maximum atomic E-state index is 12.2. The van der Waals surface area contributed by atoms with E-state index in [0.29, 0.717) is 19.1 Å². The average Bonchev–Trinajstić information content (AvgIpc) is 2.90. The minimum Gasteiger partial charge on any atom is -0.465 e. The van der Waals surface area contributed by atoms with Gasteiger partial charge in [0.05, 0.1) is 12.0 Å². The second-order valence-corrected chi connectivity index (χ2v) is 8.36. The summed E-state index contributed by atoms with van der Waals surface area (Å²) in [7, 11) is -2.31. The monoisotopic (exact) mass is 360 g/mol. The molecular weight excluding hydrogens is 336 g/mol. The van der Waals surface area contributed by atoms with Crippen molar-refractivity contribution in [3.8, 4) is 0 Å². The van der Waals surface area contributed by atoms with Crippen LogP contribution in [0.15, 0.2) is 16.3 Å². The molecule has 2 N–H and O–H groups in total. The van der Waals surface area contributed by atoms with E-state index < -0.39 is 16.0 Å². The number of nitrogens with one attached hydrogen (secondary N) is 2. The van der Waals surface area contributed by atoms with Crippen LogP contribution in [0, 0.1) is 0 Å². The van der Waals surface area contributed by atoms with E-state index in [1.807, 2.05) is 0 Å². The number of rotatable bonds is 7. The minimum absolute atomic E-state index is 0.109. The standard InChI is InChI=1S/C15H24N2O4S2/c1-21-15(18)14-10-13(11-22-14)23(19,20)17-9-8-16-12-6-4-2-3-5-7-12/h10-12,16-17H,2-9H2,1H3. The summed E-state index contributed by atoms with van der Waals surface area (Å²) in [4.78, 5) is 11.8. The summed E-state index contributed by atoms with van der Waals surface area (Å²) in [6.07, 6.45) is 7.42. The molecule has 1 fully saturated rings. The molecule has 0 bridgehead atoms. The van der Waals surface area contributed by atoms with Crippen molar-refractivity contribution >= 4 is 27.3 Å². The molecule has 0 radical (unpaired) electrons. The molecular formula is C15H24N2O4S2. The fraction of sp³-hybridized carbons (Fsp3) is 0.667. The predicted octanol–water partition coefficient (Wildman–Crippen LogP) is 2.13. The highest BCUT2D eigenvalue weighted by Crippen LogP contribution is 2.20. The van der Waals surface area contributed by atoms with Crippen LogP contribution in [0.3, 0.4) is 0 Å². The fourth-order valence-corrected chi connectivity index (χ4v) is 4.92. The van der Waals surface area contributed by atoms with Crippen molar-refractivity contribution < 1.29 is 17.9 Å². The lowest BCUT2D eigenvalue weighted by Crippen LogP contribution is -2.36. The fourth-order valence-electron chi connectivity index (χ4n) is 2.70. The second-order valence-electron chi connectivity index (χ2n) is 5.68. The molecule has 1 saturated carbocycles. The molecule has 1 aromatic rings. The molecule has 0 aliphatic heterocycles. The highest BCUT2D eigenvalue weighted by atomic mass is 32.2. The third-order valence-corrected chi connectivity index (χ3v) is 6.48. The Bertz CT molecular complexity index is 605. The van der Waals surface area contributed by atoms with Crippen molar-refractivity contribution in [2.75, 3.05) is 20.2 Å². The van der Waals surface area contributed by atoms with Crippen molar-refractivity contribution in [3.63, 3.8) is 0 Å². The summed E-state index contributed by atoms with van der Waals surface area (Å²) in [5.74, 6) is -0.522. The molecule has 23 heavy (non-hydrogen) atoms. The molecule has 1 aliphatic rings. The Hall–Kier alpha value is -0.960. The van der Waals surface area contributed by atoms with Crippen LogP contribution in [0.25, 0.3) is 0 Å². The Morgan fingerprint density at radius 3 is 2.61 bits per heavy atom. The lowest BCUT2D eigenvalue weighted by molar-refractivity contribution is 0.0606. The first-order valence-corrected chi connectivity index (χ1v) is 10.3. The van der Waals surface area contributed by atoms with E-state index in [4.69, 9.17) is 0 Å². The van der Waals surface area contributed by atoms with Gasteiger partial charge < -0.3 is 10.1 Å². The minimum atomic E-state index is -3.58. The number of esters is 1. The van der Waals surface area contributed by atoms with Gasteiger partial charge in [-0.3, -0.25) is 0 Å². The van der Waals surface area contributed by atoms with Crippen LogP contribution in [0.1, 0.15) is 48.2 Å². The molecule has 1 aromatic heterocycles. The summed E-state index contributed by atoms with van der Waals surface area (Å²) in [6.45, 7) is 0.945. The van der Waals surface area contributed by atoms with Crippen molar-refractivity contribution in [1.29, 1.82) is 0 Å². The Labute approximate surface area is 141 Å². The van der Waals surface area contributed by atoms with E-state index in [-0.39, 0.29) is 9.77 Å². The van der Waals surface area contributed by atoms with E-state index in [9.17, 15) is 13.2 Å². The van der Waals surface area contributed by atoms with Gasteiger partial charge in [0.25, 0.3) is 0 Å². The molecule has 6 nitrogen and oxygen atoms in total. The smallest absolute Gasteiger partial charge is 0.348 e. The third-order valence-electron chi connectivity index (χ3n) is 3.98. The van der Waals surface area contributed by atoms with E-state index in [1.54, 1.807) is 0 Å². The largest absolute Gasteiger partial charge is 0.465 e. The van der Waals surface area contributed by atoms with Crippen LogP contribution in [0.5, 0.6) is 0 Å². The summed E-state index contributed by atoms with van der Waals surface area (Å²) < 4.78 is 31.5. The molecule has 0 unspecified atom stereocenters. The first-order valence-electron chi connectivity index (χ1n) is 7.93. The van der Waals surface area contributed by atoms with Gasteiger partial charge in [-0.1, -0.05) is 25.7 Å². The van der Waals surface area contributed by atoms with Crippen molar-refractivity contribution in [1.82, 2.24) is 10.0 Å². The maximum Gasteiger partial charge on any atom is 0.348 e. The molecule has 8 heteroatoms. The molecule has 130 valence electrons. The first kappa shape index (κ1) is 18.4. The maximum absolute atomic E-state index is 12.2. The Balaban J connectivity index is 1.79. The van der Waals surface area contributed by atoms with Crippen LogP contribution in [-0.4, -0.2) is 40.6 Å². The zero-order valence-corrected chi connectivity index (χ0v) is 15.0. The highest BCUT2D eigenvalue weighted by molar-refractivity contribution is 7.89. The number of sulfonamides is 1. The Kier molecular flexibility index (Phi) is 7.01. The topological polar surface area (TPSA) is 84.5 Å². The summed E-state index contributed by atoms with van der Waals surface area (Å²) in [6, 6.07) is 1.84. The van der Waals surface area contributed by atoms with Gasteiger partial charge in [-0.05, 0) is 18.9 Å². The lowest BCUT2D eigenvalue weighted by Gasteiger charge is -2.16. The van der Waals surface area contributed by atoms with Crippen LogP contribution < -0.4 is 10.0 Å². The normalized spacial score (nSPS) is 16.9. The predicted molar refractivity (Wildman–Crippen MR) is 90.3 cm³/mol. The van der Waals surface area contributed by atoms with E-state index in [2.05, 4.69) is 14.8 Å². The van der Waals surface area contributed by atoms with Gasteiger partial charge >= 0.3 is 5.97 Å². The summed E-state index contributed by atoms with van der Waals surface area (Å²) >= 11 is 1.06. The van der Waals surface area contributed by atoms with Gasteiger partial charge in [0.15, 0.2) is 0 Å². The molecule has 0 aromatic carbocycles. The second kappa shape index (κ2) is 8.77. The van der Waals surface area contributed by atoms with E-state index in [1.165, 1.54) is 57.1 Å². The molecule has 1 heterocycles. The Morgan fingerprint density at radius 1 is 1.26 bits per heavy atom. The number of hydrogen-bond acceptors (Lipinski definition) is 6. The molecule has 2 rings (SSSR count). The lowest BCUT2D eigenvalue weighted by atomic mass is 10.1. The zero-order valence-electron chi connectivity index (χ0n) is 13.3. The van der Waals surface area contributed by atoms with Crippen molar-refractivity contribution in [3.05, 3.63) is 16.3 Å². The number of carbonyl (C=O) groups is 1. The van der Waals surface area contributed by atoms with Gasteiger partial charge in [-0.25, -0.2) is 17.9 Å². The third kappa shape index (κ3) is 5.56. The van der Waals surface area contributed by atoms with Crippen molar-refractivity contribution in [2.24, 2.45) is 0 Å². The number of thiophene rings is 1. The molecule has 0 saturated heterocycles. The SMILES string of the molecule is COC(=O)c1cc(S(=O)(=O)NCCNC2CCCCCC2)cs1. The van der Waals surface area contributed by atoms with Crippen molar-refractivity contribution in [2.45, 2.75) is 49.5 Å². The molecule has 0 atom stereocenters. The average molecular weight is 361 g/mol. The van der Waals surface area contributed by atoms with Gasteiger partial charge in [-0.2, -0.15) is 0 Å². The Morgan fingerprint density at radius 2 is 1.96 bits per heavy atom. The van der Waals surface area contributed by atoms with Gasteiger partial charge in [0.2, 0.25) is 10.0 Å². The van der Waals surface area contributed by atoms with Gasteiger partial charge in [0, 0.05) is 24.5 Å². The van der Waals surface area contributed by atoms with E-state index >= 15 is 0 Å². The van der Waals surface area contributed by atoms with Gasteiger partial charge in [0.1, 0.15) is 4.88 Å². The van der Waals surface area contributed by atoms with Crippen LogP contribution in [0.2, 0.25) is 0 Å². The zero-order chi connectivity index (χ0) is 16.7. The molecule has 0 spiro atoms. The molecule has 1 aliphatic carbocycles. The number of hydrogen-bond donors (Lipinski definition) is 2. The number of ether oxygens (including phenoxy) is 1. The van der Waals surface area contributed by atoms with Gasteiger partial charge in [-0.15, -0.1) is 11.3 Å². The van der Waals surface area contributed by atoms with Crippen LogP contribution in [-0.2, 0) is 14.8 Å². The summed E-state index contributed by atoms with van der Waals surface area (Å²) in [5, 5.41) is 4.87. The van der Waals surface area contributed by atoms with Crippen LogP contribution >= 0.6 is 11.3 Å². The first-order chi connectivity index (χ1) is 11.0. The molecule has 0 amide bonds. The van der Waals surface area contributed by atoms with E-state index in [0.717, 1.165) is 11.3 Å². The summed E-state index contributed by atoms with van der Waals surface area (Å²) in [5.41, 5.74) is 0.